The van der Waals surface area contributed by atoms with Gasteiger partial charge in [0.25, 0.3) is 0 Å². The lowest BCUT2D eigenvalue weighted by Crippen LogP contribution is -2.21. The molecule has 0 saturated heterocycles. The van der Waals surface area contributed by atoms with Gasteiger partial charge in [-0.2, -0.15) is 5.48 Å². The Morgan fingerprint density at radius 3 is 2.53 bits per heavy atom. The molecular weight excluding hydrogens is 194 g/mol. The molecule has 4 nitrogen and oxygen atoms in total. The van der Waals surface area contributed by atoms with E-state index in [0.717, 1.165) is 5.56 Å². The van der Waals surface area contributed by atoms with Crippen LogP contribution in [-0.2, 0) is 9.57 Å². The van der Waals surface area contributed by atoms with Crippen molar-refractivity contribution in [2.45, 2.75) is 13.0 Å². The molecule has 0 bridgehead atoms. The summed E-state index contributed by atoms with van der Waals surface area (Å²) >= 11 is 0. The third-order valence-corrected chi connectivity index (χ3v) is 2.04. The second-order valence-corrected chi connectivity index (χ2v) is 3.27. The lowest BCUT2D eigenvalue weighted by molar-refractivity contribution is -0.00925. The Labute approximate surface area is 89.8 Å². The fraction of sp³-hybridized carbons (Fsp3) is 0.455. The molecule has 1 atom stereocenters. The maximum atomic E-state index is 9.12. The van der Waals surface area contributed by atoms with Crippen LogP contribution >= 0.6 is 0 Å². The van der Waals surface area contributed by atoms with Crippen LogP contribution in [0, 0.1) is 0 Å². The van der Waals surface area contributed by atoms with Gasteiger partial charge in [-0.25, -0.2) is 0 Å². The molecule has 0 aromatic heterocycles. The number of benzene rings is 1. The van der Waals surface area contributed by atoms with Gasteiger partial charge in [-0.3, -0.25) is 4.84 Å². The summed E-state index contributed by atoms with van der Waals surface area (Å²) in [6.45, 7) is 3.06. The third kappa shape index (κ3) is 4.29. The summed E-state index contributed by atoms with van der Waals surface area (Å²) in [6.07, 6.45) is 0. The fourth-order valence-electron chi connectivity index (χ4n) is 1.14. The molecule has 1 unspecified atom stereocenters. The third-order valence-electron chi connectivity index (χ3n) is 2.04. The van der Waals surface area contributed by atoms with Gasteiger partial charge in [0.15, 0.2) is 0 Å². The van der Waals surface area contributed by atoms with E-state index in [9.17, 15) is 0 Å². The Hall–Kier alpha value is -1.10. The van der Waals surface area contributed by atoms with Crippen LogP contribution in [0.25, 0.3) is 0 Å². The minimum absolute atomic E-state index is 0.0856. The predicted molar refractivity (Wildman–Crippen MR) is 57.5 cm³/mol. The van der Waals surface area contributed by atoms with Gasteiger partial charge in [0.2, 0.25) is 0 Å². The van der Waals surface area contributed by atoms with Crippen molar-refractivity contribution >= 4 is 0 Å². The van der Waals surface area contributed by atoms with Crippen molar-refractivity contribution in [2.75, 3.05) is 20.3 Å². The molecule has 1 rings (SSSR count). The van der Waals surface area contributed by atoms with Crippen molar-refractivity contribution in [3.8, 4) is 5.75 Å². The molecule has 2 N–H and O–H groups in total. The van der Waals surface area contributed by atoms with E-state index >= 15 is 0 Å². The number of hydroxylamine groups is 1. The molecule has 0 aliphatic heterocycles. The number of hydrogen-bond donors (Lipinski definition) is 2. The van der Waals surface area contributed by atoms with Crippen molar-refractivity contribution in [3.05, 3.63) is 29.8 Å². The predicted octanol–water partition coefficient (Wildman–Crippen LogP) is 1.62. The topological polar surface area (TPSA) is 50.7 Å². The molecule has 1 aromatic rings. The minimum atomic E-state index is 0.0856. The highest BCUT2D eigenvalue weighted by molar-refractivity contribution is 5.27. The van der Waals surface area contributed by atoms with Crippen molar-refractivity contribution in [2.24, 2.45) is 0 Å². The monoisotopic (exact) mass is 211 g/mol. The van der Waals surface area contributed by atoms with Crippen molar-refractivity contribution < 1.29 is 14.7 Å². The first-order chi connectivity index (χ1) is 7.24. The smallest absolute Gasteiger partial charge is 0.115 e. The van der Waals surface area contributed by atoms with Crippen molar-refractivity contribution in [1.82, 2.24) is 5.48 Å². The number of methoxy groups -OCH3 is 1. The Bertz CT molecular complexity index is 274. The Kier molecular flexibility index (Phi) is 5.10. The molecule has 0 aliphatic carbocycles. The van der Waals surface area contributed by atoms with Crippen molar-refractivity contribution in [3.63, 3.8) is 0 Å². The summed E-state index contributed by atoms with van der Waals surface area (Å²) in [7, 11) is 1.63. The molecule has 0 aliphatic rings. The molecule has 0 fully saturated rings. The fourth-order valence-corrected chi connectivity index (χ4v) is 1.14. The SMILES string of the molecule is COCCONC(C)c1ccc(O)cc1. The molecule has 0 radical (unpaired) electrons. The number of hydrogen-bond acceptors (Lipinski definition) is 4. The number of rotatable bonds is 6. The van der Waals surface area contributed by atoms with Gasteiger partial charge in [-0.15, -0.1) is 0 Å². The first kappa shape index (κ1) is 12.0. The summed E-state index contributed by atoms with van der Waals surface area (Å²) in [5.74, 6) is 0.270. The maximum absolute atomic E-state index is 9.12. The number of aromatic hydroxyl groups is 1. The summed E-state index contributed by atoms with van der Waals surface area (Å²) in [5.41, 5.74) is 3.95. The molecule has 0 saturated carbocycles. The average molecular weight is 211 g/mol. The molecule has 0 heterocycles. The normalized spacial score (nSPS) is 12.7. The number of ether oxygens (including phenoxy) is 1. The standard InChI is InChI=1S/C11H17NO3/c1-9(12-15-8-7-14-2)10-3-5-11(13)6-4-10/h3-6,9,12-13H,7-8H2,1-2H3. The summed E-state index contributed by atoms with van der Waals surface area (Å²) < 4.78 is 4.85. The van der Waals surface area contributed by atoms with Gasteiger partial charge in [0, 0.05) is 7.11 Å². The molecule has 15 heavy (non-hydrogen) atoms. The highest BCUT2D eigenvalue weighted by atomic mass is 16.7. The van der Waals surface area contributed by atoms with Gasteiger partial charge in [-0.1, -0.05) is 12.1 Å². The van der Waals surface area contributed by atoms with Crippen LogP contribution in [0.2, 0.25) is 0 Å². The zero-order valence-electron chi connectivity index (χ0n) is 9.06. The first-order valence-electron chi connectivity index (χ1n) is 4.89. The number of nitrogens with one attached hydrogen (secondary N) is 1. The Morgan fingerprint density at radius 2 is 1.93 bits per heavy atom. The minimum Gasteiger partial charge on any atom is -0.508 e. The van der Waals surface area contributed by atoms with Gasteiger partial charge in [-0.05, 0) is 24.6 Å². The summed E-state index contributed by atoms with van der Waals surface area (Å²) in [6, 6.07) is 7.10. The molecule has 4 heteroatoms. The quantitative estimate of drug-likeness (QED) is 0.554. The average Bonchev–Trinajstić information content (AvgIpc) is 2.25. The van der Waals surface area contributed by atoms with Crippen LogP contribution in [0.1, 0.15) is 18.5 Å². The highest BCUT2D eigenvalue weighted by Crippen LogP contribution is 2.15. The lowest BCUT2D eigenvalue weighted by atomic mass is 10.1. The van der Waals surface area contributed by atoms with Gasteiger partial charge in [0.1, 0.15) is 5.75 Å². The van der Waals surface area contributed by atoms with E-state index in [1.54, 1.807) is 19.2 Å². The summed E-state index contributed by atoms with van der Waals surface area (Å²) in [4.78, 5) is 5.18. The largest absolute Gasteiger partial charge is 0.508 e. The van der Waals surface area contributed by atoms with Gasteiger partial charge in [0.05, 0.1) is 19.3 Å². The van der Waals surface area contributed by atoms with E-state index in [1.807, 2.05) is 19.1 Å². The Morgan fingerprint density at radius 1 is 1.27 bits per heavy atom. The molecule has 1 aromatic carbocycles. The van der Waals surface area contributed by atoms with Crippen LogP contribution in [-0.4, -0.2) is 25.4 Å². The highest BCUT2D eigenvalue weighted by Gasteiger charge is 2.04. The van der Waals surface area contributed by atoms with Crippen molar-refractivity contribution in [1.29, 1.82) is 0 Å². The second-order valence-electron chi connectivity index (χ2n) is 3.27. The van der Waals surface area contributed by atoms with E-state index in [4.69, 9.17) is 14.7 Å². The second kappa shape index (κ2) is 6.40. The zero-order chi connectivity index (χ0) is 11.1. The first-order valence-corrected chi connectivity index (χ1v) is 4.89. The zero-order valence-corrected chi connectivity index (χ0v) is 9.06. The lowest BCUT2D eigenvalue weighted by Gasteiger charge is -2.13. The van der Waals surface area contributed by atoms with Gasteiger partial charge < -0.3 is 9.84 Å². The van der Waals surface area contributed by atoms with Crippen LogP contribution in [0.5, 0.6) is 5.75 Å². The van der Waals surface area contributed by atoms with E-state index in [-0.39, 0.29) is 11.8 Å². The van der Waals surface area contributed by atoms with Crippen LogP contribution < -0.4 is 5.48 Å². The van der Waals surface area contributed by atoms with E-state index < -0.39 is 0 Å². The number of phenols is 1. The number of phenolic OH excluding ortho intramolecular Hbond substituents is 1. The molecule has 0 amide bonds. The molecule has 84 valence electrons. The molecular formula is C11H17NO3. The van der Waals surface area contributed by atoms with E-state index in [2.05, 4.69) is 5.48 Å². The molecule has 0 spiro atoms. The van der Waals surface area contributed by atoms with E-state index in [1.165, 1.54) is 0 Å². The van der Waals surface area contributed by atoms with Crippen LogP contribution in [0.4, 0.5) is 0 Å². The van der Waals surface area contributed by atoms with E-state index in [0.29, 0.717) is 13.2 Å². The summed E-state index contributed by atoms with van der Waals surface area (Å²) in [5, 5.41) is 9.12. The van der Waals surface area contributed by atoms with Crippen LogP contribution in [0.3, 0.4) is 0 Å². The maximum Gasteiger partial charge on any atom is 0.115 e. The van der Waals surface area contributed by atoms with Gasteiger partial charge >= 0.3 is 0 Å². The van der Waals surface area contributed by atoms with Crippen LogP contribution in [0.15, 0.2) is 24.3 Å². The Balaban J connectivity index is 2.33.